The average Bonchev–Trinajstić information content (AvgIpc) is 2.31. The molecule has 22 nitrogen and oxygen atoms in total. The molecular formula is C63H72N8O14S. The second-order valence-electron chi connectivity index (χ2n) is 21.3. The van der Waals surface area contributed by atoms with Gasteiger partial charge in [-0.05, 0) is 89.9 Å². The van der Waals surface area contributed by atoms with E-state index < -0.39 is 29.1 Å². The van der Waals surface area contributed by atoms with Gasteiger partial charge in [-0.25, -0.2) is 0 Å². The number of aliphatic imine (C=N–C) groups is 2. The van der Waals surface area contributed by atoms with E-state index in [-0.39, 0.29) is 92.9 Å². The van der Waals surface area contributed by atoms with Crippen LogP contribution >= 0.6 is 11.8 Å². The summed E-state index contributed by atoms with van der Waals surface area (Å²) in [6, 6.07) is 20.3. The van der Waals surface area contributed by atoms with Crippen molar-refractivity contribution >= 4 is 100 Å². The van der Waals surface area contributed by atoms with E-state index in [0.29, 0.717) is 84.1 Å². The minimum absolute atomic E-state index is 0.0467. The van der Waals surface area contributed by atoms with Crippen LogP contribution in [0.1, 0.15) is 98.7 Å². The first kappa shape index (κ1) is 63.0. The van der Waals surface area contributed by atoms with Gasteiger partial charge in [-0.15, -0.1) is 11.8 Å². The van der Waals surface area contributed by atoms with Crippen molar-refractivity contribution in [3.8, 4) is 28.7 Å². The van der Waals surface area contributed by atoms with Crippen molar-refractivity contribution in [1.29, 1.82) is 0 Å². The number of carboxylic acid groups (broad SMARTS) is 1. The number of benzene rings is 4. The molecule has 4 N–H and O–H groups in total. The molecule has 4 aliphatic heterocycles. The molecule has 0 saturated carbocycles. The Morgan fingerprint density at radius 3 is 2.15 bits per heavy atom. The molecule has 4 aromatic carbocycles. The van der Waals surface area contributed by atoms with Crippen LogP contribution in [-0.4, -0.2) is 157 Å². The molecule has 86 heavy (non-hydrogen) atoms. The molecule has 0 spiro atoms. The lowest BCUT2D eigenvalue weighted by Gasteiger charge is -2.21. The Labute approximate surface area is 503 Å². The van der Waals surface area contributed by atoms with E-state index >= 15 is 0 Å². The van der Waals surface area contributed by atoms with Crippen molar-refractivity contribution in [2.45, 2.75) is 102 Å². The normalized spacial score (nSPS) is 17.4. The van der Waals surface area contributed by atoms with Gasteiger partial charge in [0.2, 0.25) is 35.9 Å². The number of hydrogen-bond donors (Lipinski definition) is 4. The Morgan fingerprint density at radius 2 is 1.48 bits per heavy atom. The van der Waals surface area contributed by atoms with Gasteiger partial charge >= 0.3 is 5.97 Å². The standard InChI is InChI=1S/C63H72N8O14S/c1-38(2)60(68-56(73)11-8-7-9-21-70-58(75)31-55(63(70)80)86-24-20-59(76)77)61(78)66-34-57(74)67-44-16-12-40(13-17-44)43-27-46-33-65-50-30-54(52(83-6)28-48(50)62(79)71(46)36-43)85-23-10-22-84-53-29-49(39(3)25-51(53)82-5)64-32-45-26-42(35-69(45)37-72)41-14-18-47(81-4)19-15-41/h12-19,25,28-30,32-33,35-38,45-46,55,60H,7-11,20-24,26-27,31,34H2,1-6H3,(H,66,78)(H,67,74)(H,68,73)(H,76,77). The third kappa shape index (κ3) is 16.0. The molecule has 1 saturated heterocycles. The highest BCUT2D eigenvalue weighted by Crippen LogP contribution is 2.41. The van der Waals surface area contributed by atoms with Crippen LogP contribution in [0.25, 0.3) is 11.1 Å². The summed E-state index contributed by atoms with van der Waals surface area (Å²) in [5.74, 6) is -0.622. The number of unbranched alkanes of at least 4 members (excludes halogenated alkanes) is 2. The van der Waals surface area contributed by atoms with Crippen LogP contribution in [0.2, 0.25) is 0 Å². The number of imide groups is 1. The van der Waals surface area contributed by atoms with Gasteiger partial charge in [-0.2, -0.15) is 0 Å². The third-order valence-electron chi connectivity index (χ3n) is 14.9. The van der Waals surface area contributed by atoms with E-state index in [2.05, 4.69) is 16.0 Å². The van der Waals surface area contributed by atoms with E-state index in [0.717, 1.165) is 40.0 Å². The van der Waals surface area contributed by atoms with Crippen molar-refractivity contribution < 1.29 is 67.1 Å². The second-order valence-corrected chi connectivity index (χ2v) is 22.6. The Hall–Kier alpha value is -8.99. The number of carbonyl (C=O) groups is 8. The van der Waals surface area contributed by atoms with E-state index in [1.54, 1.807) is 80.8 Å². The zero-order chi connectivity index (χ0) is 61.4. The highest BCUT2D eigenvalue weighted by Gasteiger charge is 2.39. The number of rotatable bonds is 30. The fraction of sp³-hybridized carbons (Fsp3) is 0.397. The summed E-state index contributed by atoms with van der Waals surface area (Å²) in [6.07, 6.45) is 11.1. The van der Waals surface area contributed by atoms with E-state index in [1.807, 2.05) is 61.7 Å². The molecular weight excluding hydrogens is 1120 g/mol. The van der Waals surface area contributed by atoms with Crippen LogP contribution < -0.4 is 39.6 Å². The maximum Gasteiger partial charge on any atom is 0.304 e. The van der Waals surface area contributed by atoms with Gasteiger partial charge in [-0.3, -0.25) is 53.2 Å². The maximum absolute atomic E-state index is 14.1. The minimum atomic E-state index is -0.963. The molecule has 4 aromatic rings. The maximum atomic E-state index is 14.1. The van der Waals surface area contributed by atoms with Crippen molar-refractivity contribution in [3.63, 3.8) is 0 Å². The number of thioether (sulfide) groups is 1. The van der Waals surface area contributed by atoms with Gasteiger partial charge in [0.15, 0.2) is 23.0 Å². The number of nitrogens with one attached hydrogen (secondary N) is 3. The number of carboxylic acids is 1. The van der Waals surface area contributed by atoms with Crippen molar-refractivity contribution in [2.75, 3.05) is 58.7 Å². The molecule has 0 aromatic heterocycles. The van der Waals surface area contributed by atoms with Crippen LogP contribution in [0.4, 0.5) is 17.1 Å². The summed E-state index contributed by atoms with van der Waals surface area (Å²) >= 11 is 1.17. The Kier molecular flexibility index (Phi) is 21.8. The largest absolute Gasteiger partial charge is 0.497 e. The fourth-order valence-electron chi connectivity index (χ4n) is 10.2. The third-order valence-corrected chi connectivity index (χ3v) is 16.1. The summed E-state index contributed by atoms with van der Waals surface area (Å²) < 4.78 is 29.0. The summed E-state index contributed by atoms with van der Waals surface area (Å²) in [7, 11) is 4.69. The molecule has 23 heteroatoms. The molecule has 4 atom stereocenters. The van der Waals surface area contributed by atoms with Crippen molar-refractivity contribution in [1.82, 2.24) is 25.3 Å². The first-order chi connectivity index (χ1) is 41.5. The Morgan fingerprint density at radius 1 is 0.791 bits per heavy atom. The number of amides is 7. The molecule has 0 aliphatic carbocycles. The molecule has 4 heterocycles. The van der Waals surface area contributed by atoms with Gasteiger partial charge in [-0.1, -0.05) is 44.5 Å². The number of fused-ring (bicyclic) bond motifs is 2. The smallest absolute Gasteiger partial charge is 0.304 e. The lowest BCUT2D eigenvalue weighted by atomic mass is 10.0. The molecule has 4 unspecified atom stereocenters. The Balaban J connectivity index is 0.768. The minimum Gasteiger partial charge on any atom is -0.497 e. The van der Waals surface area contributed by atoms with E-state index in [1.165, 1.54) is 23.8 Å². The number of hydrogen-bond acceptors (Lipinski definition) is 16. The van der Waals surface area contributed by atoms with Crippen LogP contribution in [-0.2, 0) is 33.6 Å². The number of likely N-dealkylation sites (tertiary alicyclic amines) is 1. The molecule has 4 aliphatic rings. The van der Waals surface area contributed by atoms with Crippen LogP contribution in [0, 0.1) is 12.8 Å². The monoisotopic (exact) mass is 1200 g/mol. The van der Waals surface area contributed by atoms with Crippen molar-refractivity contribution in [3.05, 3.63) is 107 Å². The zero-order valence-electron chi connectivity index (χ0n) is 49.0. The second kappa shape index (κ2) is 29.7. The van der Waals surface area contributed by atoms with Gasteiger partial charge in [0.05, 0.1) is 81.8 Å². The molecule has 0 radical (unpaired) electrons. The number of methoxy groups -OCH3 is 3. The quantitative estimate of drug-likeness (QED) is 0.0167. The summed E-state index contributed by atoms with van der Waals surface area (Å²) in [5, 5.41) is 16.4. The van der Waals surface area contributed by atoms with Crippen LogP contribution in [0.5, 0.6) is 28.7 Å². The summed E-state index contributed by atoms with van der Waals surface area (Å²) in [6.45, 7) is 5.90. The van der Waals surface area contributed by atoms with Gasteiger partial charge in [0.25, 0.3) is 5.91 Å². The lowest BCUT2D eigenvalue weighted by molar-refractivity contribution is -0.139. The van der Waals surface area contributed by atoms with Gasteiger partial charge in [0, 0.05) is 87.1 Å². The van der Waals surface area contributed by atoms with Gasteiger partial charge < -0.3 is 54.5 Å². The molecule has 7 amide bonds. The molecule has 454 valence electrons. The van der Waals surface area contributed by atoms with Crippen LogP contribution in [0.3, 0.4) is 0 Å². The number of nitrogens with zero attached hydrogens (tertiary/aromatic N) is 5. The number of ether oxygens (including phenoxy) is 5. The van der Waals surface area contributed by atoms with E-state index in [9.17, 15) is 38.4 Å². The van der Waals surface area contributed by atoms with Crippen molar-refractivity contribution in [2.24, 2.45) is 15.9 Å². The highest BCUT2D eigenvalue weighted by atomic mass is 32.2. The fourth-order valence-corrected chi connectivity index (χ4v) is 11.3. The number of anilines is 1. The first-order valence-corrected chi connectivity index (χ1v) is 29.5. The number of aliphatic carboxylic acids is 1. The highest BCUT2D eigenvalue weighted by molar-refractivity contribution is 8.00. The lowest BCUT2D eigenvalue weighted by Crippen LogP contribution is -2.51. The van der Waals surface area contributed by atoms with Gasteiger partial charge in [0.1, 0.15) is 11.8 Å². The SMILES string of the molecule is COc1ccc(C2=CN(C=O)C(C=Nc3cc(OCCCOc4cc5c(cc4OC)C(=O)N4C=C(c6ccc(NC(=O)CNC(=O)C(NC(=O)CCCCCN7C(=O)CC(SCCC(=O)O)C7=O)C(C)C)cc6)CC4C=N5)c(OC)cc3C)C2)cc1. The summed E-state index contributed by atoms with van der Waals surface area (Å²) in [5.41, 5.74) is 6.53. The first-order valence-electron chi connectivity index (χ1n) is 28.5. The predicted octanol–water partition coefficient (Wildman–Crippen LogP) is 7.91. The molecule has 1 fully saturated rings. The molecule has 0 bridgehead atoms. The van der Waals surface area contributed by atoms with Crippen LogP contribution in [0.15, 0.2) is 95.2 Å². The average molecular weight is 1200 g/mol. The number of aryl methyl sites for hydroxylation is 1. The topological polar surface area (TPSA) is 273 Å². The number of carbonyl (C=O) groups excluding carboxylic acids is 7. The summed E-state index contributed by atoms with van der Waals surface area (Å²) in [4.78, 5) is 115. The molecule has 8 rings (SSSR count). The van der Waals surface area contributed by atoms with E-state index in [4.69, 9.17) is 38.8 Å². The predicted molar refractivity (Wildman–Crippen MR) is 326 cm³/mol. The Bertz CT molecular complexity index is 3310. The zero-order valence-corrected chi connectivity index (χ0v) is 49.8.